The highest BCUT2D eigenvalue weighted by Gasteiger charge is 2.21. The summed E-state index contributed by atoms with van der Waals surface area (Å²) in [4.78, 5) is 12.3. The molecule has 0 bridgehead atoms. The first-order valence-electron chi connectivity index (χ1n) is 8.99. The minimum Gasteiger partial charge on any atom is -0.504 e. The summed E-state index contributed by atoms with van der Waals surface area (Å²) >= 11 is 0. The largest absolute Gasteiger partial charge is 0.504 e. The SMILES string of the molecule is COc1cc(CC(=O)Nc2cccc([C@H]3CC[C@@H](O)CC3)c2)ccc1O. The number of aliphatic hydroxyl groups is 1. The average molecular weight is 355 g/mol. The van der Waals surface area contributed by atoms with Crippen LogP contribution < -0.4 is 10.1 Å². The quantitative estimate of drug-likeness (QED) is 0.766. The van der Waals surface area contributed by atoms with Gasteiger partial charge in [0.25, 0.3) is 0 Å². The number of methoxy groups -OCH3 is 1. The Hall–Kier alpha value is -2.53. The maximum absolute atomic E-state index is 12.3. The van der Waals surface area contributed by atoms with E-state index in [0.29, 0.717) is 11.7 Å². The van der Waals surface area contributed by atoms with Crippen LogP contribution in [-0.4, -0.2) is 29.3 Å². The molecule has 2 aromatic rings. The number of phenolic OH excluding ortho intramolecular Hbond substituents is 1. The Bertz CT molecular complexity index is 766. The second-order valence-corrected chi connectivity index (χ2v) is 6.86. The molecule has 26 heavy (non-hydrogen) atoms. The number of anilines is 1. The van der Waals surface area contributed by atoms with Crippen molar-refractivity contribution in [1.82, 2.24) is 0 Å². The smallest absolute Gasteiger partial charge is 0.228 e. The molecule has 1 amide bonds. The number of hydrogen-bond acceptors (Lipinski definition) is 4. The van der Waals surface area contributed by atoms with Crippen molar-refractivity contribution < 1.29 is 19.7 Å². The van der Waals surface area contributed by atoms with Crippen molar-refractivity contribution >= 4 is 11.6 Å². The number of hydrogen-bond donors (Lipinski definition) is 3. The van der Waals surface area contributed by atoms with E-state index in [9.17, 15) is 15.0 Å². The van der Waals surface area contributed by atoms with Crippen LogP contribution in [0.25, 0.3) is 0 Å². The molecule has 1 fully saturated rings. The van der Waals surface area contributed by atoms with Crippen LogP contribution >= 0.6 is 0 Å². The lowest BCUT2D eigenvalue weighted by Gasteiger charge is -2.26. The molecule has 0 radical (unpaired) electrons. The number of aliphatic hydroxyl groups excluding tert-OH is 1. The summed E-state index contributed by atoms with van der Waals surface area (Å²) in [6, 6.07) is 12.9. The van der Waals surface area contributed by atoms with Gasteiger partial charge < -0.3 is 20.3 Å². The third kappa shape index (κ3) is 4.55. The summed E-state index contributed by atoms with van der Waals surface area (Å²) in [5.41, 5.74) is 2.76. The van der Waals surface area contributed by atoms with Gasteiger partial charge in [0.1, 0.15) is 0 Å². The van der Waals surface area contributed by atoms with Crippen molar-refractivity contribution in [3.63, 3.8) is 0 Å². The Kier molecular flexibility index (Phi) is 5.78. The third-order valence-corrected chi connectivity index (χ3v) is 4.95. The van der Waals surface area contributed by atoms with Crippen molar-refractivity contribution in [2.24, 2.45) is 0 Å². The highest BCUT2D eigenvalue weighted by molar-refractivity contribution is 5.92. The number of carbonyl (C=O) groups is 1. The zero-order valence-corrected chi connectivity index (χ0v) is 14.9. The van der Waals surface area contributed by atoms with E-state index in [4.69, 9.17) is 4.74 Å². The van der Waals surface area contributed by atoms with Gasteiger partial charge in [-0.1, -0.05) is 18.2 Å². The molecule has 3 N–H and O–H groups in total. The predicted octanol–water partition coefficient (Wildman–Crippen LogP) is 3.60. The standard InChI is InChI=1S/C21H25NO4/c1-26-20-11-14(5-10-19(20)24)12-21(25)22-17-4-2-3-16(13-17)15-6-8-18(23)9-7-15/h2-5,10-11,13,15,18,23-24H,6-9,12H2,1H3,(H,22,25)/t15-,18+. The molecule has 5 heteroatoms. The van der Waals surface area contributed by atoms with Gasteiger partial charge in [-0.05, 0) is 67.0 Å². The van der Waals surface area contributed by atoms with Gasteiger partial charge in [0, 0.05) is 5.69 Å². The molecule has 0 atom stereocenters. The van der Waals surface area contributed by atoms with Gasteiger partial charge in [0.2, 0.25) is 5.91 Å². The number of phenols is 1. The lowest BCUT2D eigenvalue weighted by atomic mass is 9.83. The molecule has 2 aromatic carbocycles. The van der Waals surface area contributed by atoms with E-state index < -0.39 is 0 Å². The Balaban J connectivity index is 1.63. The lowest BCUT2D eigenvalue weighted by molar-refractivity contribution is -0.115. The molecule has 1 aliphatic rings. The maximum Gasteiger partial charge on any atom is 0.228 e. The van der Waals surface area contributed by atoms with Crippen molar-refractivity contribution in [3.05, 3.63) is 53.6 Å². The highest BCUT2D eigenvalue weighted by Crippen LogP contribution is 2.33. The first-order chi connectivity index (χ1) is 12.5. The minimum atomic E-state index is -0.170. The molecule has 1 aliphatic carbocycles. The monoisotopic (exact) mass is 355 g/mol. The Morgan fingerprint density at radius 2 is 1.92 bits per heavy atom. The van der Waals surface area contributed by atoms with Crippen LogP contribution in [0.15, 0.2) is 42.5 Å². The summed E-state index contributed by atoms with van der Waals surface area (Å²) in [6.45, 7) is 0. The van der Waals surface area contributed by atoms with Gasteiger partial charge in [-0.2, -0.15) is 0 Å². The fraction of sp³-hybridized carbons (Fsp3) is 0.381. The molecular formula is C21H25NO4. The summed E-state index contributed by atoms with van der Waals surface area (Å²) in [6.07, 6.45) is 3.67. The number of benzene rings is 2. The van der Waals surface area contributed by atoms with Crippen molar-refractivity contribution in [2.75, 3.05) is 12.4 Å². The number of amides is 1. The van der Waals surface area contributed by atoms with E-state index in [1.807, 2.05) is 18.2 Å². The predicted molar refractivity (Wildman–Crippen MR) is 101 cm³/mol. The Morgan fingerprint density at radius 3 is 2.65 bits per heavy atom. The van der Waals surface area contributed by atoms with E-state index in [2.05, 4.69) is 11.4 Å². The molecule has 0 spiro atoms. The van der Waals surface area contributed by atoms with Crippen LogP contribution in [0, 0.1) is 0 Å². The molecule has 3 rings (SSSR count). The van der Waals surface area contributed by atoms with Crippen LogP contribution in [0.2, 0.25) is 0 Å². The number of nitrogens with one attached hydrogen (secondary N) is 1. The summed E-state index contributed by atoms with van der Waals surface area (Å²) in [5.74, 6) is 0.740. The van der Waals surface area contributed by atoms with Gasteiger partial charge in [-0.3, -0.25) is 4.79 Å². The molecule has 1 saturated carbocycles. The van der Waals surface area contributed by atoms with Crippen molar-refractivity contribution in [3.8, 4) is 11.5 Å². The zero-order valence-electron chi connectivity index (χ0n) is 14.9. The van der Waals surface area contributed by atoms with Crippen LogP contribution in [-0.2, 0) is 11.2 Å². The number of rotatable bonds is 5. The summed E-state index contributed by atoms with van der Waals surface area (Å²) in [5, 5.41) is 22.2. The van der Waals surface area contributed by atoms with Crippen LogP contribution in [0.1, 0.15) is 42.7 Å². The first kappa shape index (κ1) is 18.3. The molecule has 0 heterocycles. The average Bonchev–Trinajstić information content (AvgIpc) is 2.64. The fourth-order valence-corrected chi connectivity index (χ4v) is 3.50. The molecular weight excluding hydrogens is 330 g/mol. The molecule has 5 nitrogen and oxygen atoms in total. The van der Waals surface area contributed by atoms with Gasteiger partial charge in [0.05, 0.1) is 19.6 Å². The van der Waals surface area contributed by atoms with Crippen LogP contribution in [0.5, 0.6) is 11.5 Å². The number of carbonyl (C=O) groups excluding carboxylic acids is 1. The molecule has 138 valence electrons. The first-order valence-corrected chi connectivity index (χ1v) is 8.99. The topological polar surface area (TPSA) is 78.8 Å². The molecule has 0 aromatic heterocycles. The van der Waals surface area contributed by atoms with E-state index >= 15 is 0 Å². The van der Waals surface area contributed by atoms with E-state index in [-0.39, 0.29) is 24.2 Å². The second kappa shape index (κ2) is 8.23. The second-order valence-electron chi connectivity index (χ2n) is 6.86. The number of ether oxygens (including phenoxy) is 1. The zero-order chi connectivity index (χ0) is 18.5. The normalized spacial score (nSPS) is 19.8. The number of aromatic hydroxyl groups is 1. The van der Waals surface area contributed by atoms with E-state index in [0.717, 1.165) is 36.9 Å². The van der Waals surface area contributed by atoms with Gasteiger partial charge in [-0.25, -0.2) is 0 Å². The molecule has 0 saturated heterocycles. The Morgan fingerprint density at radius 1 is 1.15 bits per heavy atom. The highest BCUT2D eigenvalue weighted by atomic mass is 16.5. The molecule has 0 aliphatic heterocycles. The van der Waals surface area contributed by atoms with Crippen LogP contribution in [0.4, 0.5) is 5.69 Å². The third-order valence-electron chi connectivity index (χ3n) is 4.95. The van der Waals surface area contributed by atoms with Crippen LogP contribution in [0.3, 0.4) is 0 Å². The van der Waals surface area contributed by atoms with E-state index in [1.54, 1.807) is 12.1 Å². The van der Waals surface area contributed by atoms with Crippen molar-refractivity contribution in [2.45, 2.75) is 44.1 Å². The van der Waals surface area contributed by atoms with E-state index in [1.165, 1.54) is 18.7 Å². The van der Waals surface area contributed by atoms with Crippen molar-refractivity contribution in [1.29, 1.82) is 0 Å². The summed E-state index contributed by atoms with van der Waals surface area (Å²) in [7, 11) is 1.48. The fourth-order valence-electron chi connectivity index (χ4n) is 3.50. The Labute approximate surface area is 153 Å². The molecule has 0 unspecified atom stereocenters. The maximum atomic E-state index is 12.3. The lowest BCUT2D eigenvalue weighted by Crippen LogP contribution is -2.17. The summed E-state index contributed by atoms with van der Waals surface area (Å²) < 4.78 is 5.08. The minimum absolute atomic E-state index is 0.0574. The van der Waals surface area contributed by atoms with Gasteiger partial charge in [-0.15, -0.1) is 0 Å². The van der Waals surface area contributed by atoms with Gasteiger partial charge >= 0.3 is 0 Å². The van der Waals surface area contributed by atoms with Gasteiger partial charge in [0.15, 0.2) is 11.5 Å².